The third-order valence-corrected chi connectivity index (χ3v) is 3.18. The van der Waals surface area contributed by atoms with Crippen molar-refractivity contribution in [3.8, 4) is 5.75 Å². The Kier molecular flexibility index (Phi) is 5.20. The normalized spacial score (nSPS) is 11.2. The molecule has 0 aliphatic heterocycles. The van der Waals surface area contributed by atoms with Crippen LogP contribution in [0.1, 0.15) is 23.1 Å². The largest absolute Gasteiger partial charge is 0.489 e. The number of carbonyl (C=O) groups is 1. The summed E-state index contributed by atoms with van der Waals surface area (Å²) in [4.78, 5) is 10.4. The van der Waals surface area contributed by atoms with Gasteiger partial charge in [-0.15, -0.1) is 0 Å². The third kappa shape index (κ3) is 4.35. The van der Waals surface area contributed by atoms with Gasteiger partial charge in [-0.2, -0.15) is 13.2 Å². The molecule has 0 fully saturated rings. The minimum absolute atomic E-state index is 0.177. The molecule has 5 heteroatoms. The average Bonchev–Trinajstić information content (AvgIpc) is 2.51. The lowest BCUT2D eigenvalue weighted by Gasteiger charge is -2.11. The maximum Gasteiger partial charge on any atom is 0.416 e. The van der Waals surface area contributed by atoms with Crippen molar-refractivity contribution in [2.75, 3.05) is 0 Å². The fourth-order valence-electron chi connectivity index (χ4n) is 2.02. The maximum atomic E-state index is 12.5. The Balaban J connectivity index is 2.02. The molecule has 0 atom stereocenters. The molecule has 0 bridgehead atoms. The standard InChI is InChI=1S/C17H15F3O2/c18-17(19,20)15-9-7-13(8-10-15)12-22-16-6-2-1-4-14(16)5-3-11-21/h1-2,4,6-11H,3,5,12H2. The van der Waals surface area contributed by atoms with Crippen molar-refractivity contribution in [3.05, 3.63) is 65.2 Å². The highest BCUT2D eigenvalue weighted by atomic mass is 19.4. The molecular weight excluding hydrogens is 293 g/mol. The molecule has 0 N–H and O–H groups in total. The highest BCUT2D eigenvalue weighted by Crippen LogP contribution is 2.29. The Bertz CT molecular complexity index is 619. The summed E-state index contributed by atoms with van der Waals surface area (Å²) in [6, 6.07) is 12.2. The highest BCUT2D eigenvalue weighted by molar-refractivity contribution is 5.50. The van der Waals surface area contributed by atoms with Crippen LogP contribution in [0.5, 0.6) is 5.75 Å². The summed E-state index contributed by atoms with van der Waals surface area (Å²) in [6.07, 6.45) is -2.51. The Labute approximate surface area is 126 Å². The zero-order chi connectivity index (χ0) is 16.0. The number of rotatable bonds is 6. The van der Waals surface area contributed by atoms with Crippen LogP contribution in [0.15, 0.2) is 48.5 Å². The van der Waals surface area contributed by atoms with Crippen LogP contribution in [-0.4, -0.2) is 6.29 Å². The number of hydrogen-bond acceptors (Lipinski definition) is 2. The molecule has 2 nitrogen and oxygen atoms in total. The van der Waals surface area contributed by atoms with Crippen molar-refractivity contribution in [3.63, 3.8) is 0 Å². The fraction of sp³-hybridized carbons (Fsp3) is 0.235. The molecule has 0 aliphatic carbocycles. The van der Waals surface area contributed by atoms with Crippen molar-refractivity contribution in [1.82, 2.24) is 0 Å². The Hall–Kier alpha value is -2.30. The second kappa shape index (κ2) is 7.11. The van der Waals surface area contributed by atoms with E-state index in [1.165, 1.54) is 12.1 Å². The predicted octanol–water partition coefficient (Wildman–Crippen LogP) is 4.42. The maximum absolute atomic E-state index is 12.5. The summed E-state index contributed by atoms with van der Waals surface area (Å²) in [7, 11) is 0. The summed E-state index contributed by atoms with van der Waals surface area (Å²) < 4.78 is 43.1. The van der Waals surface area contributed by atoms with E-state index >= 15 is 0 Å². The van der Waals surface area contributed by atoms with Crippen LogP contribution in [0, 0.1) is 0 Å². The van der Waals surface area contributed by atoms with Gasteiger partial charge in [0.25, 0.3) is 0 Å². The molecule has 2 aromatic rings. The summed E-state index contributed by atoms with van der Waals surface area (Å²) in [5.41, 5.74) is 0.877. The smallest absolute Gasteiger partial charge is 0.416 e. The summed E-state index contributed by atoms with van der Waals surface area (Å²) in [5.74, 6) is 0.643. The number of carbonyl (C=O) groups excluding carboxylic acids is 1. The number of hydrogen-bond donors (Lipinski definition) is 0. The first-order valence-electron chi connectivity index (χ1n) is 6.81. The van der Waals surface area contributed by atoms with Crippen LogP contribution >= 0.6 is 0 Å². The van der Waals surface area contributed by atoms with E-state index in [0.717, 1.165) is 24.0 Å². The second-order valence-corrected chi connectivity index (χ2v) is 4.80. The third-order valence-electron chi connectivity index (χ3n) is 3.18. The van der Waals surface area contributed by atoms with Gasteiger partial charge >= 0.3 is 6.18 Å². The quantitative estimate of drug-likeness (QED) is 0.739. The first-order valence-corrected chi connectivity index (χ1v) is 6.81. The molecule has 0 aliphatic rings. The van der Waals surface area contributed by atoms with E-state index in [1.54, 1.807) is 6.07 Å². The molecule has 0 aromatic heterocycles. The Morgan fingerprint density at radius 3 is 2.32 bits per heavy atom. The van der Waals surface area contributed by atoms with Gasteiger partial charge in [-0.05, 0) is 35.7 Å². The van der Waals surface area contributed by atoms with E-state index in [9.17, 15) is 18.0 Å². The lowest BCUT2D eigenvalue weighted by molar-refractivity contribution is -0.137. The van der Waals surface area contributed by atoms with Gasteiger partial charge in [0.2, 0.25) is 0 Å². The zero-order valence-electron chi connectivity index (χ0n) is 11.8. The second-order valence-electron chi connectivity index (χ2n) is 4.80. The topological polar surface area (TPSA) is 26.3 Å². The number of aldehydes is 1. The number of ether oxygens (including phenoxy) is 1. The van der Waals surface area contributed by atoms with Gasteiger partial charge in [0.1, 0.15) is 18.6 Å². The van der Waals surface area contributed by atoms with Crippen LogP contribution in [-0.2, 0) is 24.0 Å². The highest BCUT2D eigenvalue weighted by Gasteiger charge is 2.29. The molecule has 0 amide bonds. The van der Waals surface area contributed by atoms with Crippen molar-refractivity contribution in [2.45, 2.75) is 25.6 Å². The molecule has 0 saturated carbocycles. The van der Waals surface area contributed by atoms with Gasteiger partial charge in [-0.25, -0.2) is 0 Å². The molecule has 0 radical (unpaired) electrons. The zero-order valence-corrected chi connectivity index (χ0v) is 11.8. The molecular formula is C17H15F3O2. The van der Waals surface area contributed by atoms with Crippen LogP contribution < -0.4 is 4.74 Å². The van der Waals surface area contributed by atoms with Gasteiger partial charge < -0.3 is 9.53 Å². The van der Waals surface area contributed by atoms with E-state index in [4.69, 9.17) is 4.74 Å². The first-order chi connectivity index (χ1) is 10.5. The number of halogens is 3. The molecule has 0 unspecified atom stereocenters. The lowest BCUT2D eigenvalue weighted by atomic mass is 10.1. The van der Waals surface area contributed by atoms with Gasteiger partial charge in [-0.3, -0.25) is 0 Å². The predicted molar refractivity (Wildman–Crippen MR) is 76.6 cm³/mol. The lowest BCUT2D eigenvalue weighted by Crippen LogP contribution is -2.05. The van der Waals surface area contributed by atoms with Gasteiger partial charge in [0.15, 0.2) is 0 Å². The van der Waals surface area contributed by atoms with Gasteiger partial charge in [0, 0.05) is 6.42 Å². The molecule has 0 saturated heterocycles. The average molecular weight is 308 g/mol. The monoisotopic (exact) mass is 308 g/mol. The number of benzene rings is 2. The van der Waals surface area contributed by atoms with Crippen molar-refractivity contribution < 1.29 is 22.7 Å². The Morgan fingerprint density at radius 1 is 1.00 bits per heavy atom. The molecule has 2 rings (SSSR count). The number of alkyl halides is 3. The summed E-state index contributed by atoms with van der Waals surface area (Å²) in [6.45, 7) is 0.177. The SMILES string of the molecule is O=CCCc1ccccc1OCc1ccc(C(F)(F)F)cc1. The van der Waals surface area contributed by atoms with E-state index in [1.807, 2.05) is 18.2 Å². The Morgan fingerprint density at radius 2 is 1.68 bits per heavy atom. The first kappa shape index (κ1) is 16.1. The van der Waals surface area contributed by atoms with Crippen LogP contribution in [0.25, 0.3) is 0 Å². The van der Waals surface area contributed by atoms with Crippen molar-refractivity contribution in [1.29, 1.82) is 0 Å². The van der Waals surface area contributed by atoms with E-state index in [0.29, 0.717) is 24.2 Å². The van der Waals surface area contributed by atoms with Gasteiger partial charge in [0.05, 0.1) is 5.56 Å². The summed E-state index contributed by atoms with van der Waals surface area (Å²) in [5, 5.41) is 0. The molecule has 0 heterocycles. The van der Waals surface area contributed by atoms with E-state index in [-0.39, 0.29) is 6.61 Å². The number of para-hydroxylation sites is 1. The van der Waals surface area contributed by atoms with Crippen LogP contribution in [0.2, 0.25) is 0 Å². The van der Waals surface area contributed by atoms with Crippen LogP contribution in [0.4, 0.5) is 13.2 Å². The molecule has 0 spiro atoms. The van der Waals surface area contributed by atoms with Gasteiger partial charge in [-0.1, -0.05) is 30.3 Å². The minimum Gasteiger partial charge on any atom is -0.489 e. The van der Waals surface area contributed by atoms with Crippen LogP contribution in [0.3, 0.4) is 0 Å². The van der Waals surface area contributed by atoms with E-state index < -0.39 is 11.7 Å². The molecule has 22 heavy (non-hydrogen) atoms. The summed E-state index contributed by atoms with van der Waals surface area (Å²) >= 11 is 0. The minimum atomic E-state index is -4.33. The van der Waals surface area contributed by atoms with E-state index in [2.05, 4.69) is 0 Å². The molecule has 116 valence electrons. The fourth-order valence-corrected chi connectivity index (χ4v) is 2.02. The number of aryl methyl sites for hydroxylation is 1. The van der Waals surface area contributed by atoms with Crippen molar-refractivity contribution in [2.24, 2.45) is 0 Å². The molecule has 2 aromatic carbocycles. The van der Waals surface area contributed by atoms with Crippen molar-refractivity contribution >= 4 is 6.29 Å².